The number of benzene rings is 1. The van der Waals surface area contributed by atoms with Gasteiger partial charge in [-0.1, -0.05) is 57.9 Å². The number of nitrogens with one attached hydrogen (secondary N) is 1. The van der Waals surface area contributed by atoms with Crippen LogP contribution in [0.5, 0.6) is 0 Å². The van der Waals surface area contributed by atoms with Gasteiger partial charge in [0.05, 0.1) is 28.7 Å². The van der Waals surface area contributed by atoms with Gasteiger partial charge in [-0.05, 0) is 75.6 Å². The van der Waals surface area contributed by atoms with Crippen molar-refractivity contribution in [1.29, 1.82) is 5.26 Å². The number of anilines is 2. The minimum absolute atomic E-state index is 0.0823. The van der Waals surface area contributed by atoms with Crippen molar-refractivity contribution in [2.75, 3.05) is 36.4 Å². The molecule has 0 unspecified atom stereocenters. The molecule has 1 atom stereocenters. The zero-order valence-electron chi connectivity index (χ0n) is 26.8. The van der Waals surface area contributed by atoms with Gasteiger partial charge in [-0.25, -0.2) is 23.1 Å². The Morgan fingerprint density at radius 2 is 1.76 bits per heavy atom. The molecule has 1 aromatic carbocycles. The van der Waals surface area contributed by atoms with Gasteiger partial charge in [0.25, 0.3) is 5.92 Å². The van der Waals surface area contributed by atoms with Crippen LogP contribution in [0.25, 0.3) is 6.08 Å². The van der Waals surface area contributed by atoms with Crippen LogP contribution in [0, 0.1) is 33.9 Å². The van der Waals surface area contributed by atoms with Crippen LogP contribution in [0.3, 0.4) is 0 Å². The minimum Gasteiger partial charge on any atom is -0.363 e. The summed E-state index contributed by atoms with van der Waals surface area (Å²) in [6, 6.07) is 6.18. The first-order chi connectivity index (χ1) is 21.5. The smallest absolute Gasteiger partial charge is 0.278 e. The molecule has 2 aromatic rings. The number of halogens is 3. The molecule has 6 nitrogen and oxygen atoms in total. The Bertz CT molecular complexity index is 1510. The van der Waals surface area contributed by atoms with Crippen molar-refractivity contribution in [1.82, 2.24) is 14.9 Å². The number of hydrogen-bond donors (Lipinski definition) is 1. The lowest BCUT2D eigenvalue weighted by Crippen LogP contribution is -2.43. The molecule has 45 heavy (non-hydrogen) atoms. The fraction of sp³-hybridized carbons (Fsp3) is 0.583. The van der Waals surface area contributed by atoms with E-state index in [1.807, 2.05) is 6.08 Å². The van der Waals surface area contributed by atoms with Gasteiger partial charge in [-0.2, -0.15) is 5.26 Å². The van der Waals surface area contributed by atoms with Gasteiger partial charge in [-0.3, -0.25) is 0 Å². The number of nitriles is 1. The Morgan fingerprint density at radius 1 is 1.02 bits per heavy atom. The lowest BCUT2D eigenvalue weighted by Gasteiger charge is -2.39. The summed E-state index contributed by atoms with van der Waals surface area (Å²) in [5.41, 5.74) is 1.51. The minimum atomic E-state index is -3.28. The molecule has 1 saturated carbocycles. The van der Waals surface area contributed by atoms with Gasteiger partial charge in [0.2, 0.25) is 0 Å². The van der Waals surface area contributed by atoms with Crippen LogP contribution < -0.4 is 10.2 Å². The standard InChI is InChI=1S/C36H45F3N6/c1-24-27-10-9-11-29(31(27)37)36(38,39)26-12-18-44(19-13-26)22-34(3,4)14-7-5-6-8-17-45-25(2)30(35(21-40)15-16-35)20-28-32(43-24)41-23-42-33(28)45/h9-11,20,23-24,26H,2,5-8,12-19,22H2,1,3-4H3,(H,41,42,43)/t24-/m1/s1. The van der Waals surface area contributed by atoms with Crippen molar-refractivity contribution in [3.05, 3.63) is 64.9 Å². The van der Waals surface area contributed by atoms with E-state index in [0.29, 0.717) is 49.7 Å². The lowest BCUT2D eigenvalue weighted by atomic mass is 9.82. The zero-order chi connectivity index (χ0) is 32.0. The summed E-state index contributed by atoms with van der Waals surface area (Å²) in [5.74, 6) is -3.89. The normalized spacial score (nSPS) is 27.7. The number of aromatic nitrogens is 2. The maximum Gasteiger partial charge on any atom is 0.278 e. The van der Waals surface area contributed by atoms with E-state index in [1.54, 1.807) is 13.0 Å². The van der Waals surface area contributed by atoms with Crippen LogP contribution in [-0.2, 0) is 5.92 Å². The highest BCUT2D eigenvalue weighted by Crippen LogP contribution is 2.56. The van der Waals surface area contributed by atoms with Crippen molar-refractivity contribution < 1.29 is 13.2 Å². The summed E-state index contributed by atoms with van der Waals surface area (Å²) >= 11 is 0. The largest absolute Gasteiger partial charge is 0.363 e. The third kappa shape index (κ3) is 6.10. The number of alkyl halides is 2. The predicted molar refractivity (Wildman–Crippen MR) is 172 cm³/mol. The lowest BCUT2D eigenvalue weighted by molar-refractivity contribution is -0.0898. The molecule has 2 fully saturated rings. The van der Waals surface area contributed by atoms with Crippen molar-refractivity contribution in [2.45, 2.75) is 90.5 Å². The summed E-state index contributed by atoms with van der Waals surface area (Å²) < 4.78 is 48.1. The molecular weight excluding hydrogens is 573 g/mol. The average molecular weight is 619 g/mol. The molecule has 4 aliphatic heterocycles. The first-order valence-corrected chi connectivity index (χ1v) is 16.6. The van der Waals surface area contributed by atoms with Gasteiger partial charge in [0, 0.05) is 30.3 Å². The third-order valence-corrected chi connectivity index (χ3v) is 10.5. The first kappa shape index (κ1) is 31.6. The molecule has 0 amide bonds. The van der Waals surface area contributed by atoms with Gasteiger partial charge < -0.3 is 15.1 Å². The fourth-order valence-corrected chi connectivity index (χ4v) is 7.58. The van der Waals surface area contributed by atoms with E-state index in [1.165, 1.54) is 18.5 Å². The SMILES string of the molecule is C=C1C(C2(C#N)CC2)=Cc2c3ncnc2N1CCCCCCC(C)(C)CN1CCC(CC1)C(F)(F)c1cccc(c1F)[C@@H](C)N3. The summed E-state index contributed by atoms with van der Waals surface area (Å²) in [6.45, 7) is 13.5. The maximum atomic E-state index is 16.1. The Balaban J connectivity index is 1.38. The Labute approximate surface area is 265 Å². The molecule has 240 valence electrons. The molecule has 5 heterocycles. The van der Waals surface area contributed by atoms with Crippen LogP contribution in [0.4, 0.5) is 24.8 Å². The number of hydrogen-bond acceptors (Lipinski definition) is 6. The van der Waals surface area contributed by atoms with Crippen molar-refractivity contribution in [2.24, 2.45) is 16.7 Å². The highest BCUT2D eigenvalue weighted by atomic mass is 19.3. The second kappa shape index (κ2) is 12.1. The van der Waals surface area contributed by atoms with Crippen LogP contribution in [0.15, 0.2) is 42.4 Å². The van der Waals surface area contributed by atoms with E-state index >= 15 is 13.2 Å². The predicted octanol–water partition coefficient (Wildman–Crippen LogP) is 8.60. The Morgan fingerprint density at radius 3 is 2.47 bits per heavy atom. The average Bonchev–Trinajstić information content (AvgIpc) is 3.80. The fourth-order valence-electron chi connectivity index (χ4n) is 7.58. The zero-order valence-corrected chi connectivity index (χ0v) is 26.8. The highest BCUT2D eigenvalue weighted by molar-refractivity contribution is 5.84. The second-order valence-electron chi connectivity index (χ2n) is 14.4. The summed E-state index contributed by atoms with van der Waals surface area (Å²) in [5, 5.41) is 13.4. The second-order valence-corrected chi connectivity index (χ2v) is 14.4. The van der Waals surface area contributed by atoms with Gasteiger partial charge >= 0.3 is 0 Å². The number of rotatable bonds is 1. The van der Waals surface area contributed by atoms with Gasteiger partial charge in [-0.15, -0.1) is 0 Å². The topological polar surface area (TPSA) is 68.1 Å². The van der Waals surface area contributed by atoms with Crippen molar-refractivity contribution in [3.63, 3.8) is 0 Å². The van der Waals surface area contributed by atoms with E-state index in [2.05, 4.69) is 51.6 Å². The number of piperidine rings is 1. The van der Waals surface area contributed by atoms with Gasteiger partial charge in [0.1, 0.15) is 23.8 Å². The summed E-state index contributed by atoms with van der Waals surface area (Å²) in [7, 11) is 0. The van der Waals surface area contributed by atoms with Crippen LogP contribution in [0.1, 0.15) is 101 Å². The van der Waals surface area contributed by atoms with Crippen LogP contribution >= 0.6 is 0 Å². The quantitative estimate of drug-likeness (QED) is 0.345. The molecular formula is C36H45F3N6. The molecule has 9 heteroatoms. The molecule has 5 aliphatic rings. The third-order valence-electron chi connectivity index (χ3n) is 10.5. The Hall–Kier alpha value is -3.38. The van der Waals surface area contributed by atoms with E-state index < -0.39 is 34.7 Å². The molecule has 0 radical (unpaired) electrons. The number of nitrogens with zero attached hydrogens (tertiary/aromatic N) is 5. The maximum absolute atomic E-state index is 16.1. The van der Waals surface area contributed by atoms with Crippen LogP contribution in [-0.4, -0.2) is 41.0 Å². The Kier molecular flexibility index (Phi) is 8.49. The molecule has 8 bridgehead atoms. The van der Waals surface area contributed by atoms with E-state index in [0.717, 1.165) is 62.8 Å². The van der Waals surface area contributed by atoms with E-state index in [4.69, 9.17) is 0 Å². The number of fused-ring (bicyclic) bond motifs is 10. The molecule has 7 rings (SSSR count). The first-order valence-electron chi connectivity index (χ1n) is 16.6. The molecule has 1 aromatic heterocycles. The molecule has 1 N–H and O–H groups in total. The number of allylic oxidation sites excluding steroid dienone is 1. The van der Waals surface area contributed by atoms with Crippen molar-refractivity contribution in [3.8, 4) is 6.07 Å². The summed E-state index contributed by atoms with van der Waals surface area (Å²) in [4.78, 5) is 13.6. The summed E-state index contributed by atoms with van der Waals surface area (Å²) in [6.07, 6.45) is 10.9. The highest BCUT2D eigenvalue weighted by Gasteiger charge is 2.50. The monoisotopic (exact) mass is 618 g/mol. The van der Waals surface area contributed by atoms with E-state index in [-0.39, 0.29) is 11.0 Å². The van der Waals surface area contributed by atoms with E-state index in [9.17, 15) is 5.26 Å². The molecule has 1 saturated heterocycles. The van der Waals surface area contributed by atoms with Gasteiger partial charge in [0.15, 0.2) is 0 Å². The van der Waals surface area contributed by atoms with Crippen molar-refractivity contribution >= 4 is 17.7 Å². The molecule has 1 aliphatic carbocycles. The van der Waals surface area contributed by atoms with Crippen LogP contribution in [0.2, 0.25) is 0 Å². The molecule has 0 spiro atoms.